The number of imidazole rings is 1. The number of benzene rings is 2. The minimum absolute atomic E-state index is 0.0939. The van der Waals surface area contributed by atoms with Gasteiger partial charge < -0.3 is 24.3 Å². The number of ether oxygens (including phenoxy) is 2. The molecule has 27 heavy (non-hydrogen) atoms. The number of para-hydroxylation sites is 2. The lowest BCUT2D eigenvalue weighted by atomic mass is 10.2. The molecule has 2 N–H and O–H groups in total. The van der Waals surface area contributed by atoms with Gasteiger partial charge in [-0.1, -0.05) is 30.4 Å². The van der Waals surface area contributed by atoms with Crippen molar-refractivity contribution >= 4 is 17.1 Å². The van der Waals surface area contributed by atoms with E-state index in [0.29, 0.717) is 17.3 Å². The van der Waals surface area contributed by atoms with Gasteiger partial charge in [0.2, 0.25) is 0 Å². The second-order valence-corrected chi connectivity index (χ2v) is 6.16. The predicted octanol–water partition coefficient (Wildman–Crippen LogP) is 3.01. The highest BCUT2D eigenvalue weighted by Gasteiger charge is 2.15. The van der Waals surface area contributed by atoms with Crippen LogP contribution >= 0.6 is 0 Å². The fourth-order valence-corrected chi connectivity index (χ4v) is 3.00. The Bertz CT molecular complexity index is 933. The summed E-state index contributed by atoms with van der Waals surface area (Å²) in [6.07, 6.45) is 3.16. The first kappa shape index (κ1) is 18.9. The van der Waals surface area contributed by atoms with Crippen LogP contribution in [0, 0.1) is 0 Å². The highest BCUT2D eigenvalue weighted by Crippen LogP contribution is 2.29. The molecule has 0 amide bonds. The van der Waals surface area contributed by atoms with E-state index in [1.165, 1.54) is 0 Å². The van der Waals surface area contributed by atoms with Crippen molar-refractivity contribution in [1.29, 1.82) is 0 Å². The fourth-order valence-electron chi connectivity index (χ4n) is 3.00. The van der Waals surface area contributed by atoms with Crippen molar-refractivity contribution in [3.63, 3.8) is 0 Å². The summed E-state index contributed by atoms with van der Waals surface area (Å²) in [6.45, 7) is 2.13. The van der Waals surface area contributed by atoms with Gasteiger partial charge in [0.15, 0.2) is 11.5 Å². The molecule has 0 spiro atoms. The molecule has 3 aromatic rings. The maximum Gasteiger partial charge on any atom is 0.161 e. The molecule has 0 aliphatic heterocycles. The van der Waals surface area contributed by atoms with Crippen LogP contribution in [0.25, 0.3) is 17.1 Å². The van der Waals surface area contributed by atoms with Gasteiger partial charge in [0.05, 0.1) is 24.7 Å². The molecule has 1 unspecified atom stereocenters. The van der Waals surface area contributed by atoms with Gasteiger partial charge in [-0.2, -0.15) is 0 Å². The zero-order chi connectivity index (χ0) is 19.2. The van der Waals surface area contributed by atoms with Crippen LogP contribution < -0.4 is 9.47 Å². The lowest BCUT2D eigenvalue weighted by Gasteiger charge is -2.16. The molecule has 0 aliphatic rings. The Morgan fingerprint density at radius 1 is 1.19 bits per heavy atom. The van der Waals surface area contributed by atoms with Crippen LogP contribution in [0.2, 0.25) is 0 Å². The van der Waals surface area contributed by atoms with Crippen LogP contribution in [0.1, 0.15) is 18.3 Å². The second kappa shape index (κ2) is 8.70. The number of rotatable bonds is 8. The van der Waals surface area contributed by atoms with Gasteiger partial charge in [0.25, 0.3) is 0 Å². The van der Waals surface area contributed by atoms with Crippen LogP contribution in [0.4, 0.5) is 0 Å². The van der Waals surface area contributed by atoms with E-state index in [-0.39, 0.29) is 19.8 Å². The highest BCUT2D eigenvalue weighted by molar-refractivity contribution is 5.75. The first-order chi connectivity index (χ1) is 13.2. The third-order valence-electron chi connectivity index (χ3n) is 4.25. The van der Waals surface area contributed by atoms with E-state index in [1.54, 1.807) is 7.11 Å². The number of aromatic nitrogens is 2. The molecule has 0 saturated heterocycles. The summed E-state index contributed by atoms with van der Waals surface area (Å²) in [6, 6.07) is 13.2. The predicted molar refractivity (Wildman–Crippen MR) is 105 cm³/mol. The van der Waals surface area contributed by atoms with Gasteiger partial charge in [-0.15, -0.1) is 0 Å². The monoisotopic (exact) mass is 368 g/mol. The maximum atomic E-state index is 10.5. The number of hydrogen-bond acceptors (Lipinski definition) is 5. The molecule has 0 aliphatic carbocycles. The summed E-state index contributed by atoms with van der Waals surface area (Å²) in [4.78, 5) is 4.39. The molecule has 1 atom stereocenters. The van der Waals surface area contributed by atoms with Gasteiger partial charge >= 0.3 is 0 Å². The van der Waals surface area contributed by atoms with Gasteiger partial charge in [0, 0.05) is 0 Å². The number of nitrogens with zero attached hydrogens (tertiary/aromatic N) is 2. The largest absolute Gasteiger partial charge is 0.493 e. The number of aliphatic hydroxyl groups is 2. The minimum Gasteiger partial charge on any atom is -0.493 e. The topological polar surface area (TPSA) is 76.7 Å². The van der Waals surface area contributed by atoms with Crippen LogP contribution in [-0.4, -0.2) is 39.6 Å². The zero-order valence-corrected chi connectivity index (χ0v) is 15.5. The summed E-state index contributed by atoms with van der Waals surface area (Å²) in [5, 5.41) is 20.0. The molecule has 0 bridgehead atoms. The van der Waals surface area contributed by atoms with E-state index >= 15 is 0 Å². The molecule has 142 valence electrons. The van der Waals surface area contributed by atoms with E-state index in [1.807, 2.05) is 66.1 Å². The van der Waals surface area contributed by atoms with Crippen LogP contribution in [0.3, 0.4) is 0 Å². The molecule has 2 aromatic carbocycles. The Kier molecular flexibility index (Phi) is 6.11. The van der Waals surface area contributed by atoms with Crippen molar-refractivity contribution < 1.29 is 19.7 Å². The normalized spacial score (nSPS) is 12.6. The number of methoxy groups -OCH3 is 1. The zero-order valence-electron chi connectivity index (χ0n) is 15.5. The molecule has 1 aromatic heterocycles. The third kappa shape index (κ3) is 4.30. The Morgan fingerprint density at radius 3 is 2.74 bits per heavy atom. The minimum atomic E-state index is -0.771. The molecule has 0 radical (unpaired) electrons. The molecular formula is C21H24N2O4. The van der Waals surface area contributed by atoms with Gasteiger partial charge in [-0.3, -0.25) is 0 Å². The second-order valence-electron chi connectivity index (χ2n) is 6.16. The fraction of sp³-hybridized carbons (Fsp3) is 0.286. The number of allylic oxidation sites excluding steroid dienone is 1. The van der Waals surface area contributed by atoms with Crippen LogP contribution in [0.15, 0.2) is 48.5 Å². The molecule has 6 nitrogen and oxygen atoms in total. The van der Waals surface area contributed by atoms with E-state index < -0.39 is 6.10 Å². The smallest absolute Gasteiger partial charge is 0.161 e. The van der Waals surface area contributed by atoms with Gasteiger partial charge in [-0.25, -0.2) is 4.98 Å². The molecule has 0 saturated carbocycles. The SMILES string of the molecule is C/C=C/c1ccc(OCC(O)Cn2c(CO)nc3ccccc32)c(OC)c1. The third-order valence-corrected chi connectivity index (χ3v) is 4.25. The van der Waals surface area contributed by atoms with E-state index in [4.69, 9.17) is 9.47 Å². The van der Waals surface area contributed by atoms with Crippen molar-refractivity contribution in [2.24, 2.45) is 0 Å². The maximum absolute atomic E-state index is 10.5. The van der Waals surface area contributed by atoms with E-state index in [0.717, 1.165) is 16.6 Å². The first-order valence-corrected chi connectivity index (χ1v) is 8.83. The Labute approximate surface area is 158 Å². The Balaban J connectivity index is 1.71. The molecule has 3 rings (SSSR count). The summed E-state index contributed by atoms with van der Waals surface area (Å²) in [5.41, 5.74) is 2.67. The van der Waals surface area contributed by atoms with Crippen LogP contribution in [0.5, 0.6) is 11.5 Å². The lowest BCUT2D eigenvalue weighted by Crippen LogP contribution is -2.24. The summed E-state index contributed by atoms with van der Waals surface area (Å²) in [7, 11) is 1.59. The average Bonchev–Trinajstić information content (AvgIpc) is 3.04. The lowest BCUT2D eigenvalue weighted by molar-refractivity contribution is 0.0900. The average molecular weight is 368 g/mol. The van der Waals surface area contributed by atoms with Crippen molar-refractivity contribution in [2.75, 3.05) is 13.7 Å². The molecule has 6 heteroatoms. The van der Waals surface area contributed by atoms with E-state index in [9.17, 15) is 10.2 Å². The Morgan fingerprint density at radius 2 is 2.00 bits per heavy atom. The van der Waals surface area contributed by atoms with E-state index in [2.05, 4.69) is 4.98 Å². The quantitative estimate of drug-likeness (QED) is 0.639. The first-order valence-electron chi connectivity index (χ1n) is 8.83. The van der Waals surface area contributed by atoms with Crippen molar-refractivity contribution in [2.45, 2.75) is 26.2 Å². The summed E-state index contributed by atoms with van der Waals surface area (Å²) in [5.74, 6) is 1.70. The standard InChI is InChI=1S/C21H24N2O4/c1-3-6-15-9-10-19(20(11-15)26-2)27-14-16(25)12-23-18-8-5-4-7-17(18)22-21(23)13-24/h3-11,16,24-25H,12-14H2,1-2H3/b6-3+. The number of hydrogen-bond donors (Lipinski definition) is 2. The van der Waals surface area contributed by atoms with Crippen molar-refractivity contribution in [3.8, 4) is 11.5 Å². The van der Waals surface area contributed by atoms with Gasteiger partial charge in [-0.05, 0) is 36.8 Å². The van der Waals surface area contributed by atoms with Crippen molar-refractivity contribution in [3.05, 3.63) is 59.9 Å². The Hall–Kier alpha value is -2.83. The highest BCUT2D eigenvalue weighted by atomic mass is 16.5. The van der Waals surface area contributed by atoms with Crippen LogP contribution in [-0.2, 0) is 13.2 Å². The number of aliphatic hydroxyl groups excluding tert-OH is 2. The van der Waals surface area contributed by atoms with Gasteiger partial charge in [0.1, 0.15) is 25.1 Å². The molecule has 1 heterocycles. The van der Waals surface area contributed by atoms with Crippen molar-refractivity contribution in [1.82, 2.24) is 9.55 Å². The molecular weight excluding hydrogens is 344 g/mol. The number of fused-ring (bicyclic) bond motifs is 1. The summed E-state index contributed by atoms with van der Waals surface area (Å²) >= 11 is 0. The molecule has 0 fully saturated rings. The summed E-state index contributed by atoms with van der Waals surface area (Å²) < 4.78 is 13.0.